The molecule has 0 amide bonds. The lowest BCUT2D eigenvalue weighted by Crippen LogP contribution is -2.41. The highest BCUT2D eigenvalue weighted by molar-refractivity contribution is 5.81. The summed E-state index contributed by atoms with van der Waals surface area (Å²) in [5.74, 6) is 0.920. The molecule has 1 atom stereocenters. The second kappa shape index (κ2) is 9.75. The van der Waals surface area contributed by atoms with Crippen LogP contribution in [0.3, 0.4) is 0 Å². The van der Waals surface area contributed by atoms with Crippen molar-refractivity contribution in [3.8, 4) is 0 Å². The fourth-order valence-electron chi connectivity index (χ4n) is 5.17. The molecule has 1 N–H and O–H groups in total. The molecule has 0 aliphatic heterocycles. The number of rotatable bonds is 9. The first-order valence-corrected chi connectivity index (χ1v) is 12.5. The first kappa shape index (κ1) is 23.6. The van der Waals surface area contributed by atoms with Crippen molar-refractivity contribution in [2.24, 2.45) is 0 Å². The zero-order chi connectivity index (χ0) is 23.6. The lowest BCUT2D eigenvalue weighted by Gasteiger charge is -2.37. The number of benzene rings is 1. The van der Waals surface area contributed by atoms with Gasteiger partial charge in [-0.05, 0) is 73.9 Å². The number of nitrogens with zero attached hydrogens (tertiary/aromatic N) is 5. The van der Waals surface area contributed by atoms with Gasteiger partial charge in [-0.15, -0.1) is 5.10 Å². The van der Waals surface area contributed by atoms with Crippen LogP contribution in [-0.2, 0) is 12.1 Å². The largest absolute Gasteiger partial charge is 0.321 e. The van der Waals surface area contributed by atoms with Crippen molar-refractivity contribution in [2.75, 3.05) is 0 Å². The molecule has 2 aromatic heterocycles. The van der Waals surface area contributed by atoms with Crippen LogP contribution < -0.4 is 5.56 Å². The lowest BCUT2D eigenvalue weighted by molar-refractivity contribution is 0.102. The van der Waals surface area contributed by atoms with Gasteiger partial charge in [0.1, 0.15) is 0 Å². The molecular formula is C26H38N6O. The summed E-state index contributed by atoms with van der Waals surface area (Å²) in [5.41, 5.74) is 2.67. The van der Waals surface area contributed by atoms with Gasteiger partial charge in [-0.3, -0.25) is 9.69 Å². The topological polar surface area (TPSA) is 79.7 Å². The van der Waals surface area contributed by atoms with Crippen LogP contribution in [0.1, 0.15) is 95.6 Å². The average molecular weight is 451 g/mol. The number of hydrogen-bond donors (Lipinski definition) is 1. The van der Waals surface area contributed by atoms with E-state index in [-0.39, 0.29) is 17.1 Å². The number of aryl methyl sites for hydroxylation is 1. The Hall–Kier alpha value is -2.54. The minimum Gasteiger partial charge on any atom is -0.321 e. The van der Waals surface area contributed by atoms with Crippen LogP contribution in [0, 0.1) is 6.92 Å². The van der Waals surface area contributed by atoms with E-state index in [9.17, 15) is 4.79 Å². The molecule has 33 heavy (non-hydrogen) atoms. The Morgan fingerprint density at radius 2 is 2.00 bits per heavy atom. The Morgan fingerprint density at radius 1 is 1.24 bits per heavy atom. The van der Waals surface area contributed by atoms with Crippen LogP contribution in [0.4, 0.5) is 0 Å². The zero-order valence-corrected chi connectivity index (χ0v) is 20.8. The number of H-pyrrole nitrogens is 1. The van der Waals surface area contributed by atoms with Crippen molar-refractivity contribution >= 4 is 10.9 Å². The third-order valence-corrected chi connectivity index (χ3v) is 7.50. The number of para-hydroxylation sites is 1. The van der Waals surface area contributed by atoms with Gasteiger partial charge in [0, 0.05) is 18.2 Å². The monoisotopic (exact) mass is 450 g/mol. The number of pyridine rings is 1. The van der Waals surface area contributed by atoms with E-state index in [0.29, 0.717) is 12.6 Å². The van der Waals surface area contributed by atoms with Gasteiger partial charge < -0.3 is 4.98 Å². The summed E-state index contributed by atoms with van der Waals surface area (Å²) in [5, 5.41) is 14.1. The Kier molecular flexibility index (Phi) is 6.98. The number of tetrazole rings is 1. The van der Waals surface area contributed by atoms with Crippen molar-refractivity contribution in [3.05, 3.63) is 51.6 Å². The van der Waals surface area contributed by atoms with Gasteiger partial charge in [-0.25, -0.2) is 4.68 Å². The number of hydrogen-bond acceptors (Lipinski definition) is 5. The number of nitrogens with one attached hydrogen (secondary N) is 1. The maximum Gasteiger partial charge on any atom is 0.252 e. The van der Waals surface area contributed by atoms with Crippen molar-refractivity contribution in [2.45, 2.75) is 104 Å². The lowest BCUT2D eigenvalue weighted by atomic mass is 9.99. The molecule has 2 heterocycles. The summed E-state index contributed by atoms with van der Waals surface area (Å²) < 4.78 is 2.02. The van der Waals surface area contributed by atoms with Gasteiger partial charge in [-0.2, -0.15) is 0 Å². The van der Waals surface area contributed by atoms with E-state index >= 15 is 0 Å². The zero-order valence-electron chi connectivity index (χ0n) is 20.8. The van der Waals surface area contributed by atoms with Crippen molar-refractivity contribution in [1.29, 1.82) is 0 Å². The summed E-state index contributed by atoms with van der Waals surface area (Å²) >= 11 is 0. The predicted molar refractivity (Wildman–Crippen MR) is 132 cm³/mol. The molecule has 1 aliphatic carbocycles. The van der Waals surface area contributed by atoms with Crippen LogP contribution in [0.2, 0.25) is 0 Å². The molecule has 178 valence electrons. The van der Waals surface area contributed by atoms with Crippen LogP contribution in [0.15, 0.2) is 29.1 Å². The summed E-state index contributed by atoms with van der Waals surface area (Å²) in [4.78, 5) is 18.8. The molecule has 7 nitrogen and oxygen atoms in total. The molecule has 0 radical (unpaired) electrons. The molecule has 1 aromatic carbocycles. The third-order valence-electron chi connectivity index (χ3n) is 7.50. The number of aromatic amines is 1. The summed E-state index contributed by atoms with van der Waals surface area (Å²) in [6, 6.07) is 8.75. The smallest absolute Gasteiger partial charge is 0.252 e. The first-order valence-electron chi connectivity index (χ1n) is 12.5. The van der Waals surface area contributed by atoms with E-state index in [1.54, 1.807) is 0 Å². The van der Waals surface area contributed by atoms with Crippen LogP contribution in [0.25, 0.3) is 10.9 Å². The molecule has 3 aromatic rings. The summed E-state index contributed by atoms with van der Waals surface area (Å²) in [6.07, 6.45) is 7.71. The molecule has 4 rings (SSSR count). The number of fused-ring (bicyclic) bond motifs is 1. The van der Waals surface area contributed by atoms with Gasteiger partial charge in [0.25, 0.3) is 5.56 Å². The molecule has 1 fully saturated rings. The number of aromatic nitrogens is 5. The molecule has 7 heteroatoms. The molecule has 0 spiro atoms. The van der Waals surface area contributed by atoms with Crippen molar-refractivity contribution in [3.63, 3.8) is 0 Å². The van der Waals surface area contributed by atoms with Crippen molar-refractivity contribution < 1.29 is 0 Å². The van der Waals surface area contributed by atoms with Crippen LogP contribution in [0.5, 0.6) is 0 Å². The SMILES string of the molecule is CCCC(c1nnnn1C(C)(C)CC)N(Cc1cc2cccc(C)c2[nH]c1=O)C1CCCC1. The molecule has 1 aliphatic rings. The second-order valence-corrected chi connectivity index (χ2v) is 10.2. The normalized spacial score (nSPS) is 16.2. The van der Waals surface area contributed by atoms with Gasteiger partial charge in [-0.1, -0.05) is 51.3 Å². The minimum absolute atomic E-state index is 0.00326. The summed E-state index contributed by atoms with van der Waals surface area (Å²) in [6.45, 7) is 11.4. The first-order chi connectivity index (χ1) is 15.9. The standard InChI is InChI=1S/C26H38N6O/c1-6-11-22(24-28-29-30-32(24)26(4,5)7-2)31(21-14-8-9-15-21)17-20-16-19-13-10-12-18(3)23(19)27-25(20)33/h10,12-13,16,21-22H,6-9,11,14-15,17H2,1-5H3,(H,27,33). The minimum atomic E-state index is -0.163. The van der Waals surface area contributed by atoms with Gasteiger partial charge in [0.2, 0.25) is 0 Å². The highest BCUT2D eigenvalue weighted by atomic mass is 16.1. The molecule has 1 unspecified atom stereocenters. The quantitative estimate of drug-likeness (QED) is 0.481. The van der Waals surface area contributed by atoms with Crippen LogP contribution in [-0.4, -0.2) is 36.1 Å². The van der Waals surface area contributed by atoms with E-state index in [0.717, 1.165) is 60.0 Å². The van der Waals surface area contributed by atoms with E-state index < -0.39 is 0 Å². The van der Waals surface area contributed by atoms with Gasteiger partial charge >= 0.3 is 0 Å². The fraction of sp³-hybridized carbons (Fsp3) is 0.615. The predicted octanol–water partition coefficient (Wildman–Crippen LogP) is 5.25. The Morgan fingerprint density at radius 3 is 2.70 bits per heavy atom. The maximum atomic E-state index is 13.1. The van der Waals surface area contributed by atoms with Gasteiger partial charge in [0.05, 0.1) is 17.1 Å². The van der Waals surface area contributed by atoms with E-state index in [1.807, 2.05) is 17.7 Å². The third kappa shape index (κ3) is 4.74. The average Bonchev–Trinajstić information content (AvgIpc) is 3.50. The molecule has 0 bridgehead atoms. The summed E-state index contributed by atoms with van der Waals surface area (Å²) in [7, 11) is 0. The second-order valence-electron chi connectivity index (χ2n) is 10.2. The highest BCUT2D eigenvalue weighted by Crippen LogP contribution is 2.36. The van der Waals surface area contributed by atoms with E-state index in [4.69, 9.17) is 0 Å². The Balaban J connectivity index is 1.77. The highest BCUT2D eigenvalue weighted by Gasteiger charge is 2.35. The van der Waals surface area contributed by atoms with Gasteiger partial charge in [0.15, 0.2) is 5.82 Å². The van der Waals surface area contributed by atoms with E-state index in [2.05, 4.69) is 71.3 Å². The molecule has 0 saturated heterocycles. The molecule has 1 saturated carbocycles. The van der Waals surface area contributed by atoms with Crippen LogP contribution >= 0.6 is 0 Å². The Bertz CT molecular complexity index is 1140. The maximum absolute atomic E-state index is 13.1. The fourth-order valence-corrected chi connectivity index (χ4v) is 5.17. The Labute approximate surface area is 196 Å². The van der Waals surface area contributed by atoms with Crippen molar-refractivity contribution in [1.82, 2.24) is 30.1 Å². The molecular weight excluding hydrogens is 412 g/mol. The van der Waals surface area contributed by atoms with E-state index in [1.165, 1.54) is 12.8 Å².